The van der Waals surface area contributed by atoms with E-state index in [0.717, 1.165) is 15.9 Å². The van der Waals surface area contributed by atoms with Gasteiger partial charge in [-0.25, -0.2) is 13.8 Å². The molecule has 0 unspecified atom stereocenters. The Labute approximate surface area is 232 Å². The van der Waals surface area contributed by atoms with Gasteiger partial charge in [0.25, 0.3) is 5.56 Å². The summed E-state index contributed by atoms with van der Waals surface area (Å²) in [5.41, 5.74) is -2.16. The smallest absolute Gasteiger partial charge is 0.333 e. The summed E-state index contributed by atoms with van der Waals surface area (Å²) >= 11 is 1.12. The molecule has 40 heavy (non-hydrogen) atoms. The average Bonchev–Trinajstić information content (AvgIpc) is 3.57. The van der Waals surface area contributed by atoms with E-state index in [2.05, 4.69) is 15.5 Å². The molecule has 1 aromatic carbocycles. The fraction of sp³-hybridized carbons (Fsp3) is 0.385. The zero-order chi connectivity index (χ0) is 29.2. The summed E-state index contributed by atoms with van der Waals surface area (Å²) in [5, 5.41) is 20.6. The van der Waals surface area contributed by atoms with E-state index in [1.54, 1.807) is 6.92 Å². The molecule has 0 aliphatic heterocycles. The number of fused-ring (bicyclic) bond motifs is 1. The van der Waals surface area contributed by atoms with E-state index in [-0.39, 0.29) is 25.0 Å². The summed E-state index contributed by atoms with van der Waals surface area (Å²) in [6, 6.07) is 5.91. The first-order valence-corrected chi connectivity index (χ1v) is 13.1. The highest BCUT2D eigenvalue weighted by Gasteiger charge is 2.35. The van der Waals surface area contributed by atoms with Crippen LogP contribution in [0.4, 0.5) is 4.39 Å². The molecule has 12 nitrogen and oxygen atoms in total. The number of nitrogens with one attached hydrogen (secondary N) is 1. The molecule has 0 saturated carbocycles. The van der Waals surface area contributed by atoms with E-state index in [1.807, 2.05) is 6.07 Å². The van der Waals surface area contributed by atoms with Crippen LogP contribution in [0.15, 0.2) is 40.2 Å². The molecule has 14 heteroatoms. The van der Waals surface area contributed by atoms with Gasteiger partial charge < -0.3 is 14.8 Å². The molecule has 4 rings (SSSR count). The number of likely N-dealkylation sites (N-methyl/N-ethyl adjacent to an activating group) is 1. The highest BCUT2D eigenvalue weighted by Crippen LogP contribution is 2.34. The van der Waals surface area contributed by atoms with Gasteiger partial charge in [0.2, 0.25) is 5.91 Å². The Hall–Kier alpha value is -4.35. The molecule has 3 heterocycles. The van der Waals surface area contributed by atoms with E-state index in [1.165, 1.54) is 68.0 Å². The zero-order valence-corrected chi connectivity index (χ0v) is 23.4. The van der Waals surface area contributed by atoms with Gasteiger partial charge in [-0.05, 0) is 39.0 Å². The Balaban J connectivity index is 2.04. The second-order valence-electron chi connectivity index (χ2n) is 9.36. The van der Waals surface area contributed by atoms with Crippen LogP contribution < -0.4 is 21.3 Å². The van der Waals surface area contributed by atoms with Crippen molar-refractivity contribution in [1.82, 2.24) is 29.4 Å². The van der Waals surface area contributed by atoms with Gasteiger partial charge in [0.1, 0.15) is 33.0 Å². The van der Waals surface area contributed by atoms with Crippen molar-refractivity contribution in [2.75, 3.05) is 20.8 Å². The number of rotatable bonds is 10. The van der Waals surface area contributed by atoms with Crippen molar-refractivity contribution in [3.8, 4) is 16.8 Å². The van der Waals surface area contributed by atoms with Crippen molar-refractivity contribution in [3.63, 3.8) is 0 Å². The van der Waals surface area contributed by atoms with Crippen molar-refractivity contribution < 1.29 is 18.7 Å². The van der Waals surface area contributed by atoms with Crippen molar-refractivity contribution in [2.24, 2.45) is 0 Å². The number of nitrogens with zero attached hydrogens (tertiary/aromatic N) is 6. The molecule has 3 aromatic heterocycles. The molecule has 1 atom stereocenters. The molecular weight excluding hydrogens is 541 g/mol. The number of thiophene rings is 1. The van der Waals surface area contributed by atoms with Crippen molar-refractivity contribution in [3.05, 3.63) is 68.4 Å². The van der Waals surface area contributed by atoms with Crippen LogP contribution in [0.5, 0.6) is 5.75 Å². The largest absolute Gasteiger partial charge is 0.496 e. The number of methoxy groups -OCH3 is 1. The number of hydrogen-bond acceptors (Lipinski definition) is 9. The van der Waals surface area contributed by atoms with Gasteiger partial charge in [0.15, 0.2) is 0 Å². The summed E-state index contributed by atoms with van der Waals surface area (Å²) in [7, 11) is 2.84. The third-order valence-electron chi connectivity index (χ3n) is 6.55. The van der Waals surface area contributed by atoms with Crippen LogP contribution >= 0.6 is 11.3 Å². The lowest BCUT2D eigenvalue weighted by molar-refractivity contribution is -0.128. The van der Waals surface area contributed by atoms with Crippen LogP contribution in [-0.2, 0) is 21.6 Å². The number of amides is 1. The topological polar surface area (TPSA) is 146 Å². The Morgan fingerprint density at radius 3 is 2.60 bits per heavy atom. The van der Waals surface area contributed by atoms with Gasteiger partial charge in [-0.3, -0.25) is 14.2 Å². The molecule has 1 amide bonds. The summed E-state index contributed by atoms with van der Waals surface area (Å²) in [6.07, 6.45) is 2.07. The van der Waals surface area contributed by atoms with Crippen LogP contribution in [0.3, 0.4) is 0 Å². The lowest BCUT2D eigenvalue weighted by atomic mass is 10.0. The summed E-state index contributed by atoms with van der Waals surface area (Å²) in [4.78, 5) is 42.5. The monoisotopic (exact) mass is 569 g/mol. The van der Waals surface area contributed by atoms with Crippen LogP contribution in [0.1, 0.15) is 37.5 Å². The molecule has 0 saturated heterocycles. The maximum atomic E-state index is 14.4. The maximum absolute atomic E-state index is 14.4. The van der Waals surface area contributed by atoms with E-state index in [0.29, 0.717) is 26.7 Å². The lowest BCUT2D eigenvalue weighted by Gasteiger charge is -2.27. The fourth-order valence-corrected chi connectivity index (χ4v) is 5.74. The number of carbonyl (C=O) groups is 1. The minimum atomic E-state index is -1.56. The van der Waals surface area contributed by atoms with Crippen molar-refractivity contribution in [2.45, 2.75) is 45.4 Å². The molecule has 1 N–H and O–H groups in total. The SMILES string of the molecule is CNC(=O)C(C)(C)n1c(=O)c2c(C)c(-n3nccn3)sc2n(C[C@H](OCCC#N)c2cc(F)ccc2OC)c1=O. The highest BCUT2D eigenvalue weighted by molar-refractivity contribution is 7.21. The quantitative estimate of drug-likeness (QED) is 0.287. The third-order valence-corrected chi connectivity index (χ3v) is 7.83. The highest BCUT2D eigenvalue weighted by atomic mass is 32.1. The first-order chi connectivity index (χ1) is 19.1. The minimum absolute atomic E-state index is 0.00593. The number of aromatic nitrogens is 5. The van der Waals surface area contributed by atoms with Crippen LogP contribution in [-0.4, -0.2) is 50.8 Å². The van der Waals surface area contributed by atoms with Crippen LogP contribution in [0.2, 0.25) is 0 Å². The first kappa shape index (κ1) is 28.7. The number of benzene rings is 1. The third kappa shape index (κ3) is 5.01. The zero-order valence-electron chi connectivity index (χ0n) is 22.6. The Morgan fingerprint density at radius 2 is 1.98 bits per heavy atom. The summed E-state index contributed by atoms with van der Waals surface area (Å²) < 4.78 is 28.0. The van der Waals surface area contributed by atoms with Crippen LogP contribution in [0.25, 0.3) is 15.2 Å². The number of halogens is 1. The summed E-state index contributed by atoms with van der Waals surface area (Å²) in [6.45, 7) is 4.46. The standard InChI is InChI=1S/C26H28FN7O5S/c1-15-20-21(35)33(26(2,3)24(36)29-4)25(37)32(23(20)40-22(15)34-30-10-11-31-34)14-19(39-12-6-9-28)17-13-16(27)7-8-18(17)38-5/h7-8,10-11,13,19H,6,12,14H2,1-5H3,(H,29,36)/t19-/m0/s1. The normalized spacial score (nSPS) is 12.3. The predicted octanol–water partition coefficient (Wildman–Crippen LogP) is 2.41. The van der Waals surface area contributed by atoms with Gasteiger partial charge in [0, 0.05) is 18.2 Å². The predicted molar refractivity (Wildman–Crippen MR) is 145 cm³/mol. The molecule has 0 fully saturated rings. The number of ether oxygens (including phenoxy) is 2. The molecular formula is C26H28FN7O5S. The Kier molecular flexibility index (Phi) is 8.17. The minimum Gasteiger partial charge on any atom is -0.496 e. The van der Waals surface area contributed by atoms with E-state index >= 15 is 0 Å². The van der Waals surface area contributed by atoms with E-state index < -0.39 is 34.6 Å². The molecule has 0 aliphatic rings. The van der Waals surface area contributed by atoms with Crippen molar-refractivity contribution in [1.29, 1.82) is 5.26 Å². The van der Waals surface area contributed by atoms with E-state index in [9.17, 15) is 18.8 Å². The molecule has 0 spiro atoms. The average molecular weight is 570 g/mol. The van der Waals surface area contributed by atoms with Crippen molar-refractivity contribution >= 4 is 27.5 Å². The number of nitriles is 1. The van der Waals surface area contributed by atoms with E-state index in [4.69, 9.17) is 14.7 Å². The molecule has 4 aromatic rings. The Bertz CT molecular complexity index is 1720. The molecule has 0 radical (unpaired) electrons. The Morgan fingerprint density at radius 1 is 1.27 bits per heavy atom. The fourth-order valence-electron chi connectivity index (χ4n) is 4.52. The first-order valence-electron chi connectivity index (χ1n) is 12.3. The molecule has 0 aliphatic carbocycles. The van der Waals surface area contributed by atoms with Gasteiger partial charge >= 0.3 is 5.69 Å². The lowest BCUT2D eigenvalue weighted by Crippen LogP contribution is -2.55. The van der Waals surface area contributed by atoms with Crippen LogP contribution in [0, 0.1) is 24.1 Å². The number of aryl methyl sites for hydroxylation is 1. The molecule has 210 valence electrons. The van der Waals surface area contributed by atoms with Gasteiger partial charge in [0.05, 0.1) is 50.5 Å². The number of carbonyl (C=O) groups excluding carboxylic acids is 1. The number of hydrogen-bond donors (Lipinski definition) is 1. The van der Waals surface area contributed by atoms with Gasteiger partial charge in [-0.2, -0.15) is 15.5 Å². The summed E-state index contributed by atoms with van der Waals surface area (Å²) in [5.74, 6) is -0.782. The second kappa shape index (κ2) is 11.4. The van der Waals surface area contributed by atoms with Gasteiger partial charge in [-0.1, -0.05) is 11.3 Å². The second-order valence-corrected chi connectivity index (χ2v) is 10.3. The molecule has 0 bridgehead atoms. The van der Waals surface area contributed by atoms with Gasteiger partial charge in [-0.15, -0.1) is 4.80 Å². The maximum Gasteiger partial charge on any atom is 0.333 e.